The average Bonchev–Trinajstić information content (AvgIpc) is 3.01. The molecular formula is C21H32N2O. The van der Waals surface area contributed by atoms with E-state index in [0.717, 1.165) is 31.5 Å². The Hall–Kier alpha value is -2.00. The number of ether oxygens (including phenoxy) is 1. The zero-order chi connectivity index (χ0) is 17.8. The van der Waals surface area contributed by atoms with Gasteiger partial charge in [0.15, 0.2) is 5.88 Å². The van der Waals surface area contributed by atoms with Crippen LogP contribution in [0.15, 0.2) is 67.7 Å². The largest absolute Gasteiger partial charge is 0.477 e. The van der Waals surface area contributed by atoms with Crippen LogP contribution in [0.5, 0.6) is 0 Å². The van der Waals surface area contributed by atoms with Gasteiger partial charge in [0.25, 0.3) is 0 Å². The molecule has 1 aliphatic heterocycles. The second kappa shape index (κ2) is 11.5. The summed E-state index contributed by atoms with van der Waals surface area (Å²) in [4.78, 5) is 1.98. The molecule has 0 spiro atoms. The first-order valence-electron chi connectivity index (χ1n) is 8.72. The summed E-state index contributed by atoms with van der Waals surface area (Å²) in [6, 6.07) is 10.3. The minimum absolute atomic E-state index is 0.0113. The van der Waals surface area contributed by atoms with Gasteiger partial charge in [-0.2, -0.15) is 0 Å². The van der Waals surface area contributed by atoms with E-state index in [9.17, 15) is 0 Å². The molecule has 0 saturated carbocycles. The number of unbranched alkanes of at least 4 members (excludes halogenated alkanes) is 3. The highest BCUT2D eigenvalue weighted by Crippen LogP contribution is 2.21. The van der Waals surface area contributed by atoms with Crippen LogP contribution in [0.25, 0.3) is 0 Å². The van der Waals surface area contributed by atoms with Crippen molar-refractivity contribution in [1.82, 2.24) is 4.90 Å². The van der Waals surface area contributed by atoms with Gasteiger partial charge in [0, 0.05) is 11.7 Å². The zero-order valence-corrected chi connectivity index (χ0v) is 15.0. The van der Waals surface area contributed by atoms with Crippen LogP contribution < -0.4 is 5.73 Å². The molecule has 1 aromatic rings. The van der Waals surface area contributed by atoms with Crippen molar-refractivity contribution in [2.24, 2.45) is 5.73 Å². The summed E-state index contributed by atoms with van der Waals surface area (Å²) in [6.45, 7) is 15.2. The van der Waals surface area contributed by atoms with Crippen LogP contribution in [-0.4, -0.2) is 24.1 Å². The maximum absolute atomic E-state index is 6.12. The molecule has 2 N–H and O–H groups in total. The SMILES string of the molecule is C=CCCCCCC(N)C(=C)N1CCOC1=C.Cc1ccccc1. The second-order valence-corrected chi connectivity index (χ2v) is 6.07. The van der Waals surface area contributed by atoms with Crippen molar-refractivity contribution in [3.63, 3.8) is 0 Å². The molecule has 0 radical (unpaired) electrons. The molecule has 24 heavy (non-hydrogen) atoms. The highest BCUT2D eigenvalue weighted by molar-refractivity contribution is 5.12. The molecule has 3 heteroatoms. The Kier molecular flexibility index (Phi) is 9.62. The highest BCUT2D eigenvalue weighted by atomic mass is 16.5. The van der Waals surface area contributed by atoms with Crippen LogP contribution in [-0.2, 0) is 4.74 Å². The van der Waals surface area contributed by atoms with Crippen molar-refractivity contribution in [2.75, 3.05) is 13.2 Å². The predicted molar refractivity (Wildman–Crippen MR) is 103 cm³/mol. The number of nitrogens with zero attached hydrogens (tertiary/aromatic N) is 1. The van der Waals surface area contributed by atoms with Crippen molar-refractivity contribution in [3.8, 4) is 0 Å². The number of benzene rings is 1. The first-order chi connectivity index (χ1) is 11.6. The summed E-state index contributed by atoms with van der Waals surface area (Å²) in [5, 5.41) is 0. The lowest BCUT2D eigenvalue weighted by Crippen LogP contribution is -2.32. The predicted octanol–water partition coefficient (Wildman–Crippen LogP) is 4.76. The van der Waals surface area contributed by atoms with E-state index < -0.39 is 0 Å². The number of rotatable bonds is 8. The molecule has 132 valence electrons. The van der Waals surface area contributed by atoms with Gasteiger partial charge in [-0.25, -0.2) is 0 Å². The molecule has 1 atom stereocenters. The smallest absolute Gasteiger partial charge is 0.186 e. The normalized spacial score (nSPS) is 14.4. The van der Waals surface area contributed by atoms with Gasteiger partial charge < -0.3 is 15.4 Å². The summed E-state index contributed by atoms with van der Waals surface area (Å²) < 4.78 is 5.30. The molecule has 3 nitrogen and oxygen atoms in total. The van der Waals surface area contributed by atoms with Crippen molar-refractivity contribution in [1.29, 1.82) is 0 Å². The fourth-order valence-electron chi connectivity index (χ4n) is 2.49. The van der Waals surface area contributed by atoms with Gasteiger partial charge in [-0.3, -0.25) is 0 Å². The Balaban J connectivity index is 0.000000341. The lowest BCUT2D eigenvalue weighted by Gasteiger charge is -2.24. The van der Waals surface area contributed by atoms with E-state index in [1.165, 1.54) is 18.4 Å². The zero-order valence-electron chi connectivity index (χ0n) is 15.0. The van der Waals surface area contributed by atoms with Crippen LogP contribution in [0.3, 0.4) is 0 Å². The molecule has 1 aromatic carbocycles. The lowest BCUT2D eigenvalue weighted by atomic mass is 10.1. The quantitative estimate of drug-likeness (QED) is 0.552. The Bertz CT molecular complexity index is 510. The Labute approximate surface area is 147 Å². The molecule has 0 aliphatic carbocycles. The van der Waals surface area contributed by atoms with Gasteiger partial charge in [0.2, 0.25) is 0 Å². The first-order valence-corrected chi connectivity index (χ1v) is 8.72. The van der Waals surface area contributed by atoms with Crippen molar-refractivity contribution >= 4 is 0 Å². The van der Waals surface area contributed by atoms with Crippen LogP contribution in [0.1, 0.15) is 37.7 Å². The summed E-state index contributed by atoms with van der Waals surface area (Å²) in [5.74, 6) is 0.678. The third-order valence-electron chi connectivity index (χ3n) is 4.02. The summed E-state index contributed by atoms with van der Waals surface area (Å²) in [6.07, 6.45) is 7.55. The molecule has 0 amide bonds. The molecule has 1 saturated heterocycles. The van der Waals surface area contributed by atoms with E-state index in [2.05, 4.69) is 38.8 Å². The van der Waals surface area contributed by atoms with E-state index in [4.69, 9.17) is 10.5 Å². The highest BCUT2D eigenvalue weighted by Gasteiger charge is 2.22. The number of aryl methyl sites for hydroxylation is 1. The molecule has 0 aromatic heterocycles. The Morgan fingerprint density at radius 1 is 1.29 bits per heavy atom. The van der Waals surface area contributed by atoms with E-state index in [0.29, 0.717) is 12.5 Å². The third kappa shape index (κ3) is 7.51. The minimum atomic E-state index is 0.0113. The van der Waals surface area contributed by atoms with Crippen molar-refractivity contribution in [3.05, 3.63) is 73.3 Å². The minimum Gasteiger partial charge on any atom is -0.477 e. The monoisotopic (exact) mass is 328 g/mol. The molecule has 1 aliphatic rings. The topological polar surface area (TPSA) is 38.5 Å². The summed E-state index contributed by atoms with van der Waals surface area (Å²) >= 11 is 0. The molecule has 1 heterocycles. The average molecular weight is 328 g/mol. The van der Waals surface area contributed by atoms with Gasteiger partial charge in [0.1, 0.15) is 6.61 Å². The summed E-state index contributed by atoms with van der Waals surface area (Å²) in [7, 11) is 0. The molecular weight excluding hydrogens is 296 g/mol. The van der Waals surface area contributed by atoms with E-state index >= 15 is 0 Å². The van der Waals surface area contributed by atoms with Gasteiger partial charge in [-0.1, -0.05) is 61.4 Å². The van der Waals surface area contributed by atoms with Crippen LogP contribution in [0.4, 0.5) is 0 Å². The fraction of sp³-hybridized carbons (Fsp3) is 0.429. The molecule has 1 unspecified atom stereocenters. The Morgan fingerprint density at radius 3 is 2.50 bits per heavy atom. The van der Waals surface area contributed by atoms with E-state index in [1.807, 2.05) is 29.2 Å². The number of hydrogen-bond acceptors (Lipinski definition) is 3. The van der Waals surface area contributed by atoms with Gasteiger partial charge >= 0.3 is 0 Å². The molecule has 2 rings (SSSR count). The number of allylic oxidation sites excluding steroid dienone is 1. The second-order valence-electron chi connectivity index (χ2n) is 6.07. The van der Waals surface area contributed by atoms with Crippen LogP contribution in [0, 0.1) is 6.92 Å². The molecule has 1 fully saturated rings. The summed E-state index contributed by atoms with van der Waals surface area (Å²) in [5.41, 5.74) is 8.36. The van der Waals surface area contributed by atoms with E-state index in [-0.39, 0.29) is 6.04 Å². The van der Waals surface area contributed by atoms with E-state index in [1.54, 1.807) is 0 Å². The standard InChI is InChI=1S/C14H24N2O.C7H8/c1-4-5-6-7-8-9-14(15)12(2)16-10-11-17-13(16)3;1-7-5-3-2-4-6-7/h4,14H,1-3,5-11,15H2;2-6H,1H3. The number of hydrogen-bond donors (Lipinski definition) is 1. The maximum Gasteiger partial charge on any atom is 0.186 e. The fourth-order valence-corrected chi connectivity index (χ4v) is 2.49. The van der Waals surface area contributed by atoms with Gasteiger partial charge in [0.05, 0.1) is 6.54 Å². The van der Waals surface area contributed by atoms with Crippen molar-refractivity contribution < 1.29 is 4.74 Å². The first kappa shape index (κ1) is 20.0. The van der Waals surface area contributed by atoms with Crippen LogP contribution in [0.2, 0.25) is 0 Å². The van der Waals surface area contributed by atoms with Gasteiger partial charge in [-0.05, 0) is 32.8 Å². The van der Waals surface area contributed by atoms with Crippen molar-refractivity contribution in [2.45, 2.75) is 45.1 Å². The Morgan fingerprint density at radius 2 is 2.00 bits per heavy atom. The maximum atomic E-state index is 6.12. The third-order valence-corrected chi connectivity index (χ3v) is 4.02. The molecule has 0 bridgehead atoms. The van der Waals surface area contributed by atoms with Gasteiger partial charge in [-0.15, -0.1) is 6.58 Å². The lowest BCUT2D eigenvalue weighted by molar-refractivity contribution is 0.245. The van der Waals surface area contributed by atoms with Crippen LogP contribution >= 0.6 is 0 Å². The number of nitrogens with two attached hydrogens (primary N) is 1.